The van der Waals surface area contributed by atoms with E-state index in [0.717, 1.165) is 0 Å². The van der Waals surface area contributed by atoms with Gasteiger partial charge in [0.05, 0.1) is 16.5 Å². The molecule has 0 aliphatic carbocycles. The van der Waals surface area contributed by atoms with Crippen LogP contribution >= 0.6 is 12.4 Å². The van der Waals surface area contributed by atoms with Crippen molar-refractivity contribution in [2.24, 2.45) is 11.7 Å². The van der Waals surface area contributed by atoms with Gasteiger partial charge in [0, 0.05) is 19.2 Å². The van der Waals surface area contributed by atoms with Crippen molar-refractivity contribution < 1.29 is 18.0 Å². The van der Waals surface area contributed by atoms with E-state index >= 15 is 0 Å². The summed E-state index contributed by atoms with van der Waals surface area (Å²) >= 11 is 0. The van der Waals surface area contributed by atoms with Crippen LogP contribution in [-0.4, -0.2) is 38.4 Å². The molecule has 8 nitrogen and oxygen atoms in total. The molecule has 1 aromatic carbocycles. The lowest BCUT2D eigenvalue weighted by molar-refractivity contribution is -0.124. The molecule has 0 spiro atoms. The third-order valence-corrected chi connectivity index (χ3v) is 5.87. The summed E-state index contributed by atoms with van der Waals surface area (Å²) in [6.45, 7) is 8.74. The molecule has 0 aliphatic rings. The fourth-order valence-electron chi connectivity index (χ4n) is 2.10. The lowest BCUT2D eigenvalue weighted by atomic mass is 9.88. The van der Waals surface area contributed by atoms with Crippen LogP contribution in [0.4, 0.5) is 5.69 Å². The van der Waals surface area contributed by atoms with Crippen molar-refractivity contribution in [2.45, 2.75) is 51.1 Å². The van der Waals surface area contributed by atoms with Crippen LogP contribution in [0.15, 0.2) is 29.2 Å². The number of halogens is 1. The lowest BCUT2D eigenvalue weighted by Crippen LogP contribution is -2.59. The molecule has 0 aliphatic heterocycles. The highest BCUT2D eigenvalue weighted by Crippen LogP contribution is 2.16. The van der Waals surface area contributed by atoms with Gasteiger partial charge in [0.2, 0.25) is 21.8 Å². The summed E-state index contributed by atoms with van der Waals surface area (Å²) in [5.74, 6) is -0.621. The monoisotopic (exact) mass is 420 g/mol. The lowest BCUT2D eigenvalue weighted by Gasteiger charge is -2.34. The molecule has 0 saturated heterocycles. The summed E-state index contributed by atoms with van der Waals surface area (Å²) in [6.07, 6.45) is 0. The molecule has 2 unspecified atom stereocenters. The maximum absolute atomic E-state index is 12.4. The Balaban J connectivity index is 0.00000676. The van der Waals surface area contributed by atoms with Gasteiger partial charge >= 0.3 is 0 Å². The van der Waals surface area contributed by atoms with Crippen molar-refractivity contribution in [2.75, 3.05) is 11.9 Å². The number of hydrogen-bond donors (Lipinski definition) is 4. The van der Waals surface area contributed by atoms with Gasteiger partial charge in [0.1, 0.15) is 0 Å². The van der Waals surface area contributed by atoms with Gasteiger partial charge in [-0.2, -0.15) is 4.72 Å². The van der Waals surface area contributed by atoms with Crippen LogP contribution in [0.3, 0.4) is 0 Å². The Morgan fingerprint density at radius 1 is 1.15 bits per heavy atom. The molecular formula is C17H29ClN4O4S. The Kier molecular flexibility index (Phi) is 9.40. The van der Waals surface area contributed by atoms with Crippen molar-refractivity contribution in [3.05, 3.63) is 24.3 Å². The van der Waals surface area contributed by atoms with Crippen LogP contribution in [0.5, 0.6) is 0 Å². The smallest absolute Gasteiger partial charge is 0.241 e. The molecule has 0 heterocycles. The average Bonchev–Trinajstić information content (AvgIpc) is 2.53. The number of sulfonamides is 1. The Morgan fingerprint density at radius 2 is 1.67 bits per heavy atom. The normalized spacial score (nSPS) is 14.6. The van der Waals surface area contributed by atoms with Crippen molar-refractivity contribution in [1.82, 2.24) is 10.0 Å². The number of carbonyl (C=O) groups excluding carboxylic acids is 2. The van der Waals surface area contributed by atoms with Crippen LogP contribution in [0.2, 0.25) is 0 Å². The molecule has 0 bridgehead atoms. The molecule has 1 aromatic rings. The summed E-state index contributed by atoms with van der Waals surface area (Å²) in [6, 6.07) is 4.70. The van der Waals surface area contributed by atoms with Gasteiger partial charge in [-0.15, -0.1) is 12.4 Å². The van der Waals surface area contributed by atoms with Crippen LogP contribution in [0.1, 0.15) is 34.6 Å². The van der Waals surface area contributed by atoms with E-state index in [4.69, 9.17) is 5.73 Å². The number of hydrogen-bond acceptors (Lipinski definition) is 5. The van der Waals surface area contributed by atoms with Crippen molar-refractivity contribution in [3.63, 3.8) is 0 Å². The average molecular weight is 421 g/mol. The molecule has 0 saturated carbocycles. The highest BCUT2D eigenvalue weighted by Gasteiger charge is 2.31. The van der Waals surface area contributed by atoms with E-state index in [9.17, 15) is 18.0 Å². The minimum Gasteiger partial charge on any atom is -0.348 e. The second-order valence-corrected chi connectivity index (χ2v) is 8.53. The van der Waals surface area contributed by atoms with E-state index in [0.29, 0.717) is 5.69 Å². The van der Waals surface area contributed by atoms with Gasteiger partial charge in [-0.1, -0.05) is 13.8 Å². The summed E-state index contributed by atoms with van der Waals surface area (Å²) in [5, 5.41) is 5.36. The Hall–Kier alpha value is -1.68. The summed E-state index contributed by atoms with van der Waals surface area (Å²) in [4.78, 5) is 23.4. The quantitative estimate of drug-likeness (QED) is 0.502. The first kappa shape index (κ1) is 25.3. The summed E-state index contributed by atoms with van der Waals surface area (Å²) in [5.41, 5.74) is 5.60. The highest BCUT2D eigenvalue weighted by molar-refractivity contribution is 7.89. The molecule has 1 rings (SSSR count). The molecule has 10 heteroatoms. The predicted molar refractivity (Wildman–Crippen MR) is 108 cm³/mol. The molecule has 0 aromatic heterocycles. The number of carbonyl (C=O) groups is 2. The number of amides is 2. The molecule has 27 heavy (non-hydrogen) atoms. The topological polar surface area (TPSA) is 130 Å². The molecule has 0 radical (unpaired) electrons. The predicted octanol–water partition coefficient (Wildman–Crippen LogP) is 1.22. The first-order valence-corrected chi connectivity index (χ1v) is 9.81. The minimum absolute atomic E-state index is 0. The zero-order valence-corrected chi connectivity index (χ0v) is 17.8. The Labute approximate surface area is 167 Å². The van der Waals surface area contributed by atoms with Crippen molar-refractivity contribution in [1.29, 1.82) is 0 Å². The summed E-state index contributed by atoms with van der Waals surface area (Å²) < 4.78 is 27.2. The zero-order chi connectivity index (χ0) is 20.1. The Morgan fingerprint density at radius 3 is 2.07 bits per heavy atom. The van der Waals surface area contributed by atoms with Crippen LogP contribution in [0, 0.1) is 5.92 Å². The van der Waals surface area contributed by atoms with E-state index in [1.807, 2.05) is 20.8 Å². The van der Waals surface area contributed by atoms with Gasteiger partial charge in [-0.05, 0) is 44.0 Å². The van der Waals surface area contributed by atoms with Crippen LogP contribution in [-0.2, 0) is 19.6 Å². The van der Waals surface area contributed by atoms with Gasteiger partial charge in [-0.25, -0.2) is 8.42 Å². The van der Waals surface area contributed by atoms with E-state index in [2.05, 4.69) is 15.4 Å². The minimum atomic E-state index is -3.89. The highest BCUT2D eigenvalue weighted by atomic mass is 35.5. The number of anilines is 1. The maximum atomic E-state index is 12.4. The molecule has 2 atom stereocenters. The zero-order valence-electron chi connectivity index (χ0n) is 16.2. The van der Waals surface area contributed by atoms with Crippen LogP contribution < -0.4 is 21.1 Å². The van der Waals surface area contributed by atoms with Crippen LogP contribution in [0.25, 0.3) is 0 Å². The van der Waals surface area contributed by atoms with E-state index in [1.165, 1.54) is 38.1 Å². The molecule has 5 N–H and O–H groups in total. The molecule has 2 amide bonds. The van der Waals surface area contributed by atoms with Crippen molar-refractivity contribution >= 4 is 39.9 Å². The SMILES string of the molecule is CC(=O)Nc1ccc(S(=O)(=O)NC(C)C(=O)NC(C)(CN)C(C)C)cc1.Cl. The first-order chi connectivity index (χ1) is 11.9. The molecular weight excluding hydrogens is 392 g/mol. The fourth-order valence-corrected chi connectivity index (χ4v) is 3.30. The third kappa shape index (κ3) is 7.10. The number of nitrogens with one attached hydrogen (secondary N) is 3. The van der Waals surface area contributed by atoms with Gasteiger partial charge in [0.25, 0.3) is 0 Å². The number of rotatable bonds is 8. The van der Waals surface area contributed by atoms with E-state index in [-0.39, 0.29) is 35.7 Å². The van der Waals surface area contributed by atoms with Gasteiger partial charge in [-0.3, -0.25) is 9.59 Å². The standard InChI is InChI=1S/C17H28N4O4S.ClH/c1-11(2)17(5,10-18)20-16(23)12(3)21-26(24,25)15-8-6-14(7-9-15)19-13(4)22;/h6-9,11-12,21H,10,18H2,1-5H3,(H,19,22)(H,20,23);1H. The van der Waals surface area contributed by atoms with E-state index in [1.54, 1.807) is 0 Å². The number of benzene rings is 1. The fraction of sp³-hybridized carbons (Fsp3) is 0.529. The van der Waals surface area contributed by atoms with E-state index < -0.39 is 27.5 Å². The maximum Gasteiger partial charge on any atom is 0.241 e. The van der Waals surface area contributed by atoms with Crippen molar-refractivity contribution in [3.8, 4) is 0 Å². The summed E-state index contributed by atoms with van der Waals surface area (Å²) in [7, 11) is -3.89. The second kappa shape index (κ2) is 10.0. The Bertz CT molecular complexity index is 753. The first-order valence-electron chi connectivity index (χ1n) is 8.33. The molecule has 154 valence electrons. The second-order valence-electron chi connectivity index (χ2n) is 6.81. The third-order valence-electron chi connectivity index (χ3n) is 4.32. The molecule has 0 fully saturated rings. The number of nitrogens with two attached hydrogens (primary N) is 1. The van der Waals surface area contributed by atoms with Gasteiger partial charge in [0.15, 0.2) is 0 Å². The van der Waals surface area contributed by atoms with Gasteiger partial charge < -0.3 is 16.4 Å². The largest absolute Gasteiger partial charge is 0.348 e.